The van der Waals surface area contributed by atoms with E-state index in [0.717, 1.165) is 33.6 Å². The van der Waals surface area contributed by atoms with Gasteiger partial charge in [0.05, 0.1) is 12.2 Å². The fourth-order valence-electron chi connectivity index (χ4n) is 4.06. The number of hydrogen-bond donors (Lipinski definition) is 1. The lowest BCUT2D eigenvalue weighted by Crippen LogP contribution is -2.24. The molecule has 2 heterocycles. The van der Waals surface area contributed by atoms with Gasteiger partial charge in [-0.2, -0.15) is 0 Å². The fraction of sp³-hybridized carbons (Fsp3) is 0.111. The average Bonchev–Trinajstić information content (AvgIpc) is 3.53. The number of tetrazole rings is 1. The fourth-order valence-corrected chi connectivity index (χ4v) is 4.06. The highest BCUT2D eigenvalue weighted by Crippen LogP contribution is 2.29. The van der Waals surface area contributed by atoms with Gasteiger partial charge in [0, 0.05) is 30.3 Å². The second-order valence-electron chi connectivity index (χ2n) is 7.89. The molecule has 0 saturated carbocycles. The lowest BCUT2D eigenvalue weighted by molar-refractivity contribution is 0.700. The molecular formula is C27H22N6O. The summed E-state index contributed by atoms with van der Waals surface area (Å²) in [5.41, 5.74) is 5.68. The van der Waals surface area contributed by atoms with Crippen LogP contribution >= 0.6 is 0 Å². The first kappa shape index (κ1) is 21.2. The van der Waals surface area contributed by atoms with Crippen molar-refractivity contribution >= 4 is 0 Å². The van der Waals surface area contributed by atoms with Gasteiger partial charge >= 0.3 is 5.69 Å². The number of aromatic nitrogens is 6. The summed E-state index contributed by atoms with van der Waals surface area (Å²) in [6, 6.07) is 25.8. The summed E-state index contributed by atoms with van der Waals surface area (Å²) in [7, 11) is 0. The van der Waals surface area contributed by atoms with E-state index in [1.165, 1.54) is 0 Å². The van der Waals surface area contributed by atoms with E-state index in [-0.39, 0.29) is 5.69 Å². The zero-order valence-electron chi connectivity index (χ0n) is 18.4. The molecule has 0 atom stereocenters. The third-order valence-corrected chi connectivity index (χ3v) is 5.75. The van der Waals surface area contributed by atoms with E-state index in [2.05, 4.69) is 38.7 Å². The number of aromatic amines is 1. The van der Waals surface area contributed by atoms with Gasteiger partial charge in [0.25, 0.3) is 0 Å². The molecule has 7 nitrogen and oxygen atoms in total. The molecule has 7 heteroatoms. The van der Waals surface area contributed by atoms with Crippen molar-refractivity contribution in [3.05, 3.63) is 107 Å². The van der Waals surface area contributed by atoms with Gasteiger partial charge in [0.15, 0.2) is 5.82 Å². The Balaban J connectivity index is 1.47. The lowest BCUT2D eigenvalue weighted by atomic mass is 9.98. The van der Waals surface area contributed by atoms with Gasteiger partial charge in [-0.15, -0.1) is 17.4 Å². The highest BCUT2D eigenvalue weighted by molar-refractivity contribution is 5.80. The summed E-state index contributed by atoms with van der Waals surface area (Å²) in [4.78, 5) is 13.3. The molecule has 5 rings (SSSR count). The summed E-state index contributed by atoms with van der Waals surface area (Å²) in [5, 5.41) is 14.2. The smallest absolute Gasteiger partial charge is 0.292 e. The third-order valence-electron chi connectivity index (χ3n) is 5.75. The van der Waals surface area contributed by atoms with Crippen LogP contribution in [0.15, 0.2) is 89.9 Å². The van der Waals surface area contributed by atoms with Crippen molar-refractivity contribution in [1.29, 1.82) is 0 Å². The van der Waals surface area contributed by atoms with E-state index in [0.29, 0.717) is 25.2 Å². The average molecular weight is 447 g/mol. The van der Waals surface area contributed by atoms with Crippen LogP contribution in [0.1, 0.15) is 17.7 Å². The summed E-state index contributed by atoms with van der Waals surface area (Å²) in [6.45, 7) is 0.465. The lowest BCUT2D eigenvalue weighted by Gasteiger charge is -2.10. The van der Waals surface area contributed by atoms with Gasteiger partial charge in [-0.3, -0.25) is 9.13 Å². The Bertz CT molecular complexity index is 1490. The van der Waals surface area contributed by atoms with Crippen LogP contribution in [0.25, 0.3) is 28.2 Å². The molecule has 0 amide bonds. The number of imidazole rings is 1. The number of nitrogens with zero attached hydrogens (tertiary/aromatic N) is 5. The van der Waals surface area contributed by atoms with Crippen molar-refractivity contribution < 1.29 is 0 Å². The second-order valence-corrected chi connectivity index (χ2v) is 7.89. The SMILES string of the molecule is C#CCCc1cn(-c2ccccc2)c(=O)n1Cc1ccc(-c2ccccc2-c2nnn[nH]2)cc1. The number of para-hydroxylation sites is 1. The van der Waals surface area contributed by atoms with Crippen LogP contribution in [0.3, 0.4) is 0 Å². The van der Waals surface area contributed by atoms with Crippen molar-refractivity contribution in [2.45, 2.75) is 19.4 Å². The van der Waals surface area contributed by atoms with Crippen molar-refractivity contribution in [2.75, 3.05) is 0 Å². The van der Waals surface area contributed by atoms with E-state index in [9.17, 15) is 4.79 Å². The molecule has 2 aromatic heterocycles. The maximum atomic E-state index is 13.3. The number of aryl methyl sites for hydroxylation is 1. The van der Waals surface area contributed by atoms with Gasteiger partial charge in [-0.25, -0.2) is 9.89 Å². The molecule has 0 aliphatic heterocycles. The predicted octanol–water partition coefficient (Wildman–Crippen LogP) is 4.10. The van der Waals surface area contributed by atoms with Crippen molar-refractivity contribution in [1.82, 2.24) is 29.8 Å². The summed E-state index contributed by atoms with van der Waals surface area (Å²) < 4.78 is 3.48. The van der Waals surface area contributed by atoms with Gasteiger partial charge in [0.1, 0.15) is 0 Å². The number of hydrogen-bond acceptors (Lipinski definition) is 4. The minimum atomic E-state index is -0.0783. The van der Waals surface area contributed by atoms with E-state index < -0.39 is 0 Å². The van der Waals surface area contributed by atoms with E-state index in [4.69, 9.17) is 6.42 Å². The van der Waals surface area contributed by atoms with Crippen molar-refractivity contribution in [3.8, 4) is 40.5 Å². The maximum Gasteiger partial charge on any atom is 0.333 e. The first-order chi connectivity index (χ1) is 16.7. The molecule has 0 unspecified atom stereocenters. The van der Waals surface area contributed by atoms with Crippen molar-refractivity contribution in [2.24, 2.45) is 0 Å². The van der Waals surface area contributed by atoms with Crippen LogP contribution < -0.4 is 5.69 Å². The van der Waals surface area contributed by atoms with E-state index >= 15 is 0 Å². The highest BCUT2D eigenvalue weighted by atomic mass is 16.1. The second kappa shape index (κ2) is 9.43. The van der Waals surface area contributed by atoms with Crippen LogP contribution in [0, 0.1) is 12.3 Å². The number of terminal acetylenes is 1. The van der Waals surface area contributed by atoms with Gasteiger partial charge in [-0.05, 0) is 39.2 Å². The molecule has 0 fully saturated rings. The molecule has 5 aromatic rings. The molecule has 0 aliphatic carbocycles. The molecule has 0 spiro atoms. The Hall–Kier alpha value is -4.70. The molecule has 0 saturated heterocycles. The van der Waals surface area contributed by atoms with Gasteiger partial charge < -0.3 is 0 Å². The third kappa shape index (κ3) is 4.17. The standard InChI is InChI=1S/C27H22N6O/c1-2-3-9-23-19-33(22-10-5-4-6-11-22)27(34)32(23)18-20-14-16-21(17-15-20)24-12-7-8-13-25(24)26-28-30-31-29-26/h1,4-8,10-17,19H,3,9,18H2,(H,28,29,30,31). The summed E-state index contributed by atoms with van der Waals surface area (Å²) in [6.07, 6.45) is 8.60. The Morgan fingerprint density at radius 1 is 0.912 bits per heavy atom. The Kier molecular flexibility index (Phi) is 5.87. The Morgan fingerprint density at radius 3 is 2.35 bits per heavy atom. The van der Waals surface area contributed by atoms with Crippen LogP contribution in [0.4, 0.5) is 0 Å². The van der Waals surface area contributed by atoms with E-state index in [1.807, 2.05) is 72.9 Å². The molecule has 0 bridgehead atoms. The number of benzene rings is 3. The predicted molar refractivity (Wildman–Crippen MR) is 131 cm³/mol. The summed E-state index contributed by atoms with van der Waals surface area (Å²) in [5.74, 6) is 3.29. The monoisotopic (exact) mass is 446 g/mol. The first-order valence-electron chi connectivity index (χ1n) is 11.0. The number of H-pyrrole nitrogens is 1. The minimum Gasteiger partial charge on any atom is -0.292 e. The van der Waals surface area contributed by atoms with Gasteiger partial charge in [0.2, 0.25) is 0 Å². The molecule has 0 radical (unpaired) electrons. The molecular weight excluding hydrogens is 424 g/mol. The van der Waals surface area contributed by atoms with Crippen LogP contribution in [-0.4, -0.2) is 29.8 Å². The number of rotatable bonds is 7. The Morgan fingerprint density at radius 2 is 1.65 bits per heavy atom. The molecule has 34 heavy (non-hydrogen) atoms. The first-order valence-corrected chi connectivity index (χ1v) is 11.0. The van der Waals surface area contributed by atoms with Crippen LogP contribution in [0.2, 0.25) is 0 Å². The maximum absolute atomic E-state index is 13.3. The summed E-state index contributed by atoms with van der Waals surface area (Å²) >= 11 is 0. The zero-order valence-corrected chi connectivity index (χ0v) is 18.4. The highest BCUT2D eigenvalue weighted by Gasteiger charge is 2.14. The van der Waals surface area contributed by atoms with Crippen LogP contribution in [0.5, 0.6) is 0 Å². The molecule has 1 N–H and O–H groups in total. The van der Waals surface area contributed by atoms with Crippen molar-refractivity contribution in [3.63, 3.8) is 0 Å². The zero-order chi connectivity index (χ0) is 23.3. The largest absolute Gasteiger partial charge is 0.333 e. The van der Waals surface area contributed by atoms with E-state index in [1.54, 1.807) is 9.13 Å². The van der Waals surface area contributed by atoms with Gasteiger partial charge in [-0.1, -0.05) is 66.7 Å². The molecule has 3 aromatic carbocycles. The molecule has 0 aliphatic rings. The topological polar surface area (TPSA) is 81.4 Å². The minimum absolute atomic E-state index is 0.0783. The van der Waals surface area contributed by atoms with Crippen LogP contribution in [-0.2, 0) is 13.0 Å². The molecule has 166 valence electrons. The number of nitrogens with one attached hydrogen (secondary N) is 1. The normalized spacial score (nSPS) is 10.8. The Labute approximate surface area is 196 Å². The quantitative estimate of drug-likeness (QED) is 0.382.